The van der Waals surface area contributed by atoms with E-state index in [9.17, 15) is 10.1 Å². The van der Waals surface area contributed by atoms with Crippen LogP contribution in [0.25, 0.3) is 10.9 Å². The zero-order chi connectivity index (χ0) is 16.6. The standard InChI is InChI=1S/C16H22N4O3/c1-16(11-23-3)6-8-19(9-7-16)15-13-10-12(20(21)22)4-5-14(13)18(2)17-15/h4-5,10H,6-9,11H2,1-3H3. The SMILES string of the molecule is COCC1(C)CCN(c2nn(C)c3ccc([N+](=O)[O-])cc23)CC1. The number of hydrogen-bond donors (Lipinski definition) is 0. The first-order chi connectivity index (χ1) is 10.9. The summed E-state index contributed by atoms with van der Waals surface area (Å²) in [4.78, 5) is 12.9. The van der Waals surface area contributed by atoms with Gasteiger partial charge in [-0.25, -0.2) is 0 Å². The van der Waals surface area contributed by atoms with Gasteiger partial charge in [-0.3, -0.25) is 14.8 Å². The molecule has 124 valence electrons. The van der Waals surface area contributed by atoms with Crippen LogP contribution in [-0.4, -0.2) is 41.5 Å². The third-order valence-corrected chi connectivity index (χ3v) is 4.79. The predicted octanol–water partition coefficient (Wildman–Crippen LogP) is 2.73. The van der Waals surface area contributed by atoms with Crippen LogP contribution in [0.1, 0.15) is 19.8 Å². The molecule has 2 aromatic rings. The molecule has 3 rings (SSSR count). The minimum Gasteiger partial charge on any atom is -0.384 e. The van der Waals surface area contributed by atoms with Crippen LogP contribution in [0.5, 0.6) is 0 Å². The predicted molar refractivity (Wildman–Crippen MR) is 88.8 cm³/mol. The molecule has 23 heavy (non-hydrogen) atoms. The van der Waals surface area contributed by atoms with E-state index in [1.54, 1.807) is 23.9 Å². The van der Waals surface area contributed by atoms with Crippen molar-refractivity contribution in [1.29, 1.82) is 0 Å². The lowest BCUT2D eigenvalue weighted by Crippen LogP contribution is -2.41. The zero-order valence-corrected chi connectivity index (χ0v) is 13.8. The molecule has 1 aromatic heterocycles. The summed E-state index contributed by atoms with van der Waals surface area (Å²) in [6.07, 6.45) is 2.04. The number of aryl methyl sites for hydroxylation is 1. The Morgan fingerprint density at radius 3 is 2.70 bits per heavy atom. The van der Waals surface area contributed by atoms with Crippen molar-refractivity contribution >= 4 is 22.4 Å². The second-order valence-electron chi connectivity index (χ2n) is 6.64. The molecule has 0 atom stereocenters. The minimum absolute atomic E-state index is 0.105. The molecule has 0 radical (unpaired) electrons. The van der Waals surface area contributed by atoms with Crippen LogP contribution < -0.4 is 4.90 Å². The van der Waals surface area contributed by atoms with Gasteiger partial charge in [0.2, 0.25) is 0 Å². The second-order valence-corrected chi connectivity index (χ2v) is 6.64. The molecule has 1 aliphatic heterocycles. The fraction of sp³-hybridized carbons (Fsp3) is 0.562. The highest BCUT2D eigenvalue weighted by Crippen LogP contribution is 2.36. The number of rotatable bonds is 4. The van der Waals surface area contributed by atoms with Crippen molar-refractivity contribution in [3.63, 3.8) is 0 Å². The van der Waals surface area contributed by atoms with E-state index in [1.807, 2.05) is 7.05 Å². The average Bonchev–Trinajstić information content (AvgIpc) is 2.85. The van der Waals surface area contributed by atoms with E-state index in [-0.39, 0.29) is 16.0 Å². The molecule has 1 aliphatic rings. The van der Waals surface area contributed by atoms with E-state index in [0.717, 1.165) is 49.3 Å². The summed E-state index contributed by atoms with van der Waals surface area (Å²) in [7, 11) is 3.61. The van der Waals surface area contributed by atoms with E-state index in [0.29, 0.717) is 0 Å². The van der Waals surface area contributed by atoms with Gasteiger partial charge in [0, 0.05) is 39.4 Å². The van der Waals surface area contributed by atoms with Crippen LogP contribution in [0.2, 0.25) is 0 Å². The molecule has 1 saturated heterocycles. The van der Waals surface area contributed by atoms with Gasteiger partial charge in [-0.2, -0.15) is 5.10 Å². The van der Waals surface area contributed by atoms with Crippen LogP contribution in [0.15, 0.2) is 18.2 Å². The summed E-state index contributed by atoms with van der Waals surface area (Å²) < 4.78 is 7.12. The number of nitrogens with zero attached hydrogens (tertiary/aromatic N) is 4. The first-order valence-corrected chi connectivity index (χ1v) is 7.78. The molecule has 0 spiro atoms. The number of anilines is 1. The van der Waals surface area contributed by atoms with Crippen LogP contribution in [0.4, 0.5) is 11.5 Å². The van der Waals surface area contributed by atoms with Gasteiger partial charge in [-0.05, 0) is 24.3 Å². The van der Waals surface area contributed by atoms with Gasteiger partial charge >= 0.3 is 0 Å². The van der Waals surface area contributed by atoms with Gasteiger partial charge in [-0.1, -0.05) is 6.92 Å². The van der Waals surface area contributed by atoms with Crippen molar-refractivity contribution in [3.8, 4) is 0 Å². The van der Waals surface area contributed by atoms with Crippen molar-refractivity contribution in [2.24, 2.45) is 12.5 Å². The van der Waals surface area contributed by atoms with Crippen molar-refractivity contribution < 1.29 is 9.66 Å². The molecular weight excluding hydrogens is 296 g/mol. The largest absolute Gasteiger partial charge is 0.384 e. The van der Waals surface area contributed by atoms with Gasteiger partial charge in [0.15, 0.2) is 5.82 Å². The molecule has 0 amide bonds. The molecule has 0 bridgehead atoms. The Morgan fingerprint density at radius 1 is 1.39 bits per heavy atom. The highest BCUT2D eigenvalue weighted by atomic mass is 16.6. The quantitative estimate of drug-likeness (QED) is 0.640. The van der Waals surface area contributed by atoms with Crippen LogP contribution in [-0.2, 0) is 11.8 Å². The second kappa shape index (κ2) is 5.81. The molecule has 1 fully saturated rings. The maximum absolute atomic E-state index is 11.0. The number of hydrogen-bond acceptors (Lipinski definition) is 5. The van der Waals surface area contributed by atoms with Crippen LogP contribution >= 0.6 is 0 Å². The van der Waals surface area contributed by atoms with Crippen LogP contribution in [0, 0.1) is 15.5 Å². The Hall–Kier alpha value is -2.15. The van der Waals surface area contributed by atoms with E-state index in [2.05, 4.69) is 16.9 Å². The summed E-state index contributed by atoms with van der Waals surface area (Å²) >= 11 is 0. The lowest BCUT2D eigenvalue weighted by Gasteiger charge is -2.39. The Morgan fingerprint density at radius 2 is 2.09 bits per heavy atom. The number of non-ortho nitro benzene ring substituents is 1. The van der Waals surface area contributed by atoms with Crippen molar-refractivity contribution in [2.75, 3.05) is 31.7 Å². The maximum atomic E-state index is 11.0. The maximum Gasteiger partial charge on any atom is 0.270 e. The number of nitro groups is 1. The molecule has 0 N–H and O–H groups in total. The summed E-state index contributed by atoms with van der Waals surface area (Å²) in [6, 6.07) is 4.92. The van der Waals surface area contributed by atoms with E-state index >= 15 is 0 Å². The molecular formula is C16H22N4O3. The Labute approximate surface area is 135 Å². The Bertz CT molecular complexity index is 732. The van der Waals surface area contributed by atoms with Gasteiger partial charge < -0.3 is 9.64 Å². The lowest BCUT2D eigenvalue weighted by atomic mass is 9.81. The molecule has 2 heterocycles. The fourth-order valence-corrected chi connectivity index (χ4v) is 3.33. The first kappa shape index (κ1) is 15.7. The first-order valence-electron chi connectivity index (χ1n) is 7.78. The third-order valence-electron chi connectivity index (χ3n) is 4.79. The molecule has 0 unspecified atom stereocenters. The smallest absolute Gasteiger partial charge is 0.270 e. The number of nitro benzene ring substituents is 1. The highest BCUT2D eigenvalue weighted by Gasteiger charge is 2.31. The van der Waals surface area contributed by atoms with Crippen molar-refractivity contribution in [2.45, 2.75) is 19.8 Å². The minimum atomic E-state index is -0.359. The zero-order valence-electron chi connectivity index (χ0n) is 13.8. The highest BCUT2D eigenvalue weighted by molar-refractivity contribution is 5.92. The monoisotopic (exact) mass is 318 g/mol. The van der Waals surface area contributed by atoms with Gasteiger partial charge in [0.1, 0.15) is 0 Å². The van der Waals surface area contributed by atoms with E-state index < -0.39 is 0 Å². The van der Waals surface area contributed by atoms with Crippen LogP contribution in [0.3, 0.4) is 0 Å². The number of piperidine rings is 1. The molecule has 1 aromatic carbocycles. The topological polar surface area (TPSA) is 73.4 Å². The Balaban J connectivity index is 1.91. The van der Waals surface area contributed by atoms with E-state index in [4.69, 9.17) is 4.74 Å². The molecule has 0 aliphatic carbocycles. The summed E-state index contributed by atoms with van der Waals surface area (Å²) in [5, 5.41) is 16.5. The number of aromatic nitrogens is 2. The Kier molecular flexibility index (Phi) is 3.97. The number of ether oxygens (including phenoxy) is 1. The molecule has 7 nitrogen and oxygen atoms in total. The van der Waals surface area contributed by atoms with E-state index in [1.165, 1.54) is 6.07 Å². The number of methoxy groups -OCH3 is 1. The molecule has 0 saturated carbocycles. The average molecular weight is 318 g/mol. The van der Waals surface area contributed by atoms with Crippen molar-refractivity contribution in [3.05, 3.63) is 28.3 Å². The van der Waals surface area contributed by atoms with Gasteiger partial charge in [-0.15, -0.1) is 0 Å². The van der Waals surface area contributed by atoms with Gasteiger partial charge in [0.05, 0.1) is 22.4 Å². The fourth-order valence-electron chi connectivity index (χ4n) is 3.33. The number of benzene rings is 1. The summed E-state index contributed by atoms with van der Waals surface area (Å²) in [5.41, 5.74) is 1.21. The normalized spacial score (nSPS) is 17.6. The van der Waals surface area contributed by atoms with Gasteiger partial charge in [0.25, 0.3) is 5.69 Å². The third kappa shape index (κ3) is 2.88. The summed E-state index contributed by atoms with van der Waals surface area (Å²) in [5.74, 6) is 0.839. The van der Waals surface area contributed by atoms with Crippen molar-refractivity contribution in [1.82, 2.24) is 9.78 Å². The summed E-state index contributed by atoms with van der Waals surface area (Å²) in [6.45, 7) is 4.77. The molecule has 7 heteroatoms. The number of fused-ring (bicyclic) bond motifs is 1. The lowest BCUT2D eigenvalue weighted by molar-refractivity contribution is -0.384.